The van der Waals surface area contributed by atoms with Gasteiger partial charge in [-0.2, -0.15) is 0 Å². The average Bonchev–Trinajstić information content (AvgIpc) is 2.94. The van der Waals surface area contributed by atoms with Crippen LogP contribution in [0.15, 0.2) is 48.0 Å². The van der Waals surface area contributed by atoms with Gasteiger partial charge in [0.05, 0.1) is 11.6 Å². The van der Waals surface area contributed by atoms with Crippen molar-refractivity contribution >= 4 is 17.4 Å². The Balaban J connectivity index is 2.13. The predicted molar refractivity (Wildman–Crippen MR) is 114 cm³/mol. The zero-order valence-corrected chi connectivity index (χ0v) is 17.8. The van der Waals surface area contributed by atoms with Gasteiger partial charge in [0, 0.05) is 12.1 Å². The first kappa shape index (κ1) is 21.7. The molecule has 1 amide bonds. The largest absolute Gasteiger partial charge is 0.507 e. The summed E-state index contributed by atoms with van der Waals surface area (Å²) >= 11 is 0. The van der Waals surface area contributed by atoms with Crippen molar-refractivity contribution in [1.29, 1.82) is 0 Å². The summed E-state index contributed by atoms with van der Waals surface area (Å²) in [5.41, 5.74) is 2.89. The summed E-state index contributed by atoms with van der Waals surface area (Å²) in [5.74, 6) is -1.96. The lowest BCUT2D eigenvalue weighted by atomic mass is 9.93. The number of rotatable bonds is 6. The van der Waals surface area contributed by atoms with Gasteiger partial charge in [-0.1, -0.05) is 29.8 Å². The van der Waals surface area contributed by atoms with Gasteiger partial charge < -0.3 is 14.9 Å². The van der Waals surface area contributed by atoms with Crippen LogP contribution >= 0.6 is 0 Å². The molecule has 1 N–H and O–H groups in total. The topological polar surface area (TPSA) is 60.9 Å². The number of ketones is 1. The first-order chi connectivity index (χ1) is 14.2. The third-order valence-corrected chi connectivity index (χ3v) is 5.38. The van der Waals surface area contributed by atoms with E-state index in [0.29, 0.717) is 24.1 Å². The van der Waals surface area contributed by atoms with E-state index in [1.165, 1.54) is 17.0 Å². The second-order valence-corrected chi connectivity index (χ2v) is 8.02. The molecule has 0 aromatic heterocycles. The van der Waals surface area contributed by atoms with E-state index in [1.54, 1.807) is 18.2 Å². The molecule has 5 nitrogen and oxygen atoms in total. The minimum Gasteiger partial charge on any atom is -0.507 e. The number of halogens is 1. The van der Waals surface area contributed by atoms with Crippen molar-refractivity contribution in [2.24, 2.45) is 0 Å². The molecule has 0 aliphatic carbocycles. The third-order valence-electron chi connectivity index (χ3n) is 5.38. The quantitative estimate of drug-likeness (QED) is 0.447. The second kappa shape index (κ2) is 8.79. The van der Waals surface area contributed by atoms with Crippen molar-refractivity contribution in [2.45, 2.75) is 26.3 Å². The van der Waals surface area contributed by atoms with Gasteiger partial charge in [0.2, 0.25) is 0 Å². The maximum absolute atomic E-state index is 13.5. The molecule has 1 unspecified atom stereocenters. The highest BCUT2D eigenvalue weighted by Gasteiger charge is 2.45. The van der Waals surface area contributed by atoms with Crippen LogP contribution < -0.4 is 0 Å². The molecule has 30 heavy (non-hydrogen) atoms. The fourth-order valence-corrected chi connectivity index (χ4v) is 3.80. The summed E-state index contributed by atoms with van der Waals surface area (Å²) in [5, 5.41) is 11.1. The number of benzene rings is 2. The molecule has 1 heterocycles. The van der Waals surface area contributed by atoms with E-state index in [1.807, 2.05) is 45.0 Å². The summed E-state index contributed by atoms with van der Waals surface area (Å²) < 4.78 is 13.5. The number of aliphatic hydroxyl groups is 1. The van der Waals surface area contributed by atoms with Crippen LogP contribution in [0.25, 0.3) is 5.76 Å². The van der Waals surface area contributed by atoms with Gasteiger partial charge in [-0.3, -0.25) is 9.59 Å². The van der Waals surface area contributed by atoms with Gasteiger partial charge in [0.1, 0.15) is 11.6 Å². The maximum Gasteiger partial charge on any atom is 0.295 e. The van der Waals surface area contributed by atoms with Crippen LogP contribution in [0.4, 0.5) is 4.39 Å². The van der Waals surface area contributed by atoms with Gasteiger partial charge >= 0.3 is 0 Å². The number of Topliss-reactive ketones (excluding diaryl/α,β-unsaturated/α-hetero) is 1. The smallest absolute Gasteiger partial charge is 0.295 e. The van der Waals surface area contributed by atoms with Crippen LogP contribution in [0.5, 0.6) is 0 Å². The monoisotopic (exact) mass is 410 g/mol. The molecule has 0 bridgehead atoms. The third kappa shape index (κ3) is 4.28. The molecule has 1 aliphatic rings. The molecule has 0 radical (unpaired) electrons. The molecule has 6 heteroatoms. The van der Waals surface area contributed by atoms with Gasteiger partial charge in [-0.25, -0.2) is 4.39 Å². The second-order valence-electron chi connectivity index (χ2n) is 8.02. The Morgan fingerprint density at radius 2 is 1.77 bits per heavy atom. The fraction of sp³-hybridized carbons (Fsp3) is 0.333. The zero-order chi connectivity index (χ0) is 22.0. The maximum atomic E-state index is 13.5. The first-order valence-corrected chi connectivity index (χ1v) is 9.97. The number of nitrogens with zero attached hydrogens (tertiary/aromatic N) is 2. The normalized spacial score (nSPS) is 18.5. The Morgan fingerprint density at radius 3 is 2.40 bits per heavy atom. The van der Waals surface area contributed by atoms with Crippen molar-refractivity contribution in [2.75, 3.05) is 27.2 Å². The van der Waals surface area contributed by atoms with Gasteiger partial charge in [-0.05, 0) is 70.2 Å². The summed E-state index contributed by atoms with van der Waals surface area (Å²) in [4.78, 5) is 29.3. The van der Waals surface area contributed by atoms with E-state index < -0.39 is 23.5 Å². The van der Waals surface area contributed by atoms with Crippen molar-refractivity contribution in [1.82, 2.24) is 9.80 Å². The Bertz CT molecular complexity index is 996. The number of likely N-dealkylation sites (tertiary alicyclic amines) is 1. The van der Waals surface area contributed by atoms with Crippen molar-refractivity contribution in [3.8, 4) is 0 Å². The Morgan fingerprint density at radius 1 is 1.10 bits per heavy atom. The van der Waals surface area contributed by atoms with Crippen LogP contribution in [-0.4, -0.2) is 53.8 Å². The standard InChI is InChI=1S/C24H27FN2O3/c1-15-6-7-16(2)19(14-15)22(28)20-21(17-8-10-18(25)11-9-17)27(24(30)23(20)29)13-5-12-26(3)4/h6-11,14,21,28H,5,12-13H2,1-4H3. The van der Waals surface area contributed by atoms with Crippen molar-refractivity contribution in [3.63, 3.8) is 0 Å². The molecule has 1 fully saturated rings. The van der Waals surface area contributed by atoms with Crippen molar-refractivity contribution in [3.05, 3.63) is 76.1 Å². The molecule has 1 aliphatic heterocycles. The molecule has 3 rings (SSSR count). The highest BCUT2D eigenvalue weighted by molar-refractivity contribution is 6.46. The average molecular weight is 410 g/mol. The molecule has 0 spiro atoms. The molecule has 2 aromatic rings. The molecular formula is C24H27FN2O3. The lowest BCUT2D eigenvalue weighted by Crippen LogP contribution is -2.32. The molecule has 1 atom stereocenters. The number of hydrogen-bond donors (Lipinski definition) is 1. The van der Waals surface area contributed by atoms with E-state index in [-0.39, 0.29) is 11.3 Å². The SMILES string of the molecule is Cc1ccc(C)c(C(O)=C2C(=O)C(=O)N(CCCN(C)C)C2c2ccc(F)cc2)c1. The number of amides is 1. The highest BCUT2D eigenvalue weighted by atomic mass is 19.1. The molecule has 2 aromatic carbocycles. The van der Waals surface area contributed by atoms with Crippen LogP contribution in [0.3, 0.4) is 0 Å². The van der Waals surface area contributed by atoms with Gasteiger partial charge in [0.15, 0.2) is 0 Å². The minimum atomic E-state index is -0.757. The lowest BCUT2D eigenvalue weighted by Gasteiger charge is -2.26. The van der Waals surface area contributed by atoms with Gasteiger partial charge in [-0.15, -0.1) is 0 Å². The highest BCUT2D eigenvalue weighted by Crippen LogP contribution is 2.40. The van der Waals surface area contributed by atoms with E-state index in [2.05, 4.69) is 0 Å². The minimum absolute atomic E-state index is 0.0464. The van der Waals surface area contributed by atoms with E-state index in [9.17, 15) is 19.1 Å². The number of aliphatic hydroxyl groups excluding tert-OH is 1. The molecule has 0 saturated carbocycles. The van der Waals surface area contributed by atoms with E-state index in [4.69, 9.17) is 0 Å². The summed E-state index contributed by atoms with van der Waals surface area (Å²) in [6.45, 7) is 4.84. The Labute approximate surface area is 176 Å². The molecule has 1 saturated heterocycles. The van der Waals surface area contributed by atoms with Gasteiger partial charge in [0.25, 0.3) is 11.7 Å². The number of hydrogen-bond acceptors (Lipinski definition) is 4. The number of aryl methyl sites for hydroxylation is 2. The fourth-order valence-electron chi connectivity index (χ4n) is 3.80. The first-order valence-electron chi connectivity index (χ1n) is 9.97. The van der Waals surface area contributed by atoms with Crippen molar-refractivity contribution < 1.29 is 19.1 Å². The molecule has 158 valence electrons. The summed E-state index contributed by atoms with van der Waals surface area (Å²) in [6, 6.07) is 10.5. The number of carbonyl (C=O) groups excluding carboxylic acids is 2. The molecular weight excluding hydrogens is 383 g/mol. The Kier molecular flexibility index (Phi) is 6.37. The summed E-state index contributed by atoms with van der Waals surface area (Å²) in [7, 11) is 3.87. The number of carbonyl (C=O) groups is 2. The summed E-state index contributed by atoms with van der Waals surface area (Å²) in [6.07, 6.45) is 0.668. The van der Waals surface area contributed by atoms with Crippen LogP contribution in [0, 0.1) is 19.7 Å². The predicted octanol–water partition coefficient (Wildman–Crippen LogP) is 3.82. The van der Waals surface area contributed by atoms with Crippen LogP contribution in [0.1, 0.15) is 34.7 Å². The lowest BCUT2D eigenvalue weighted by molar-refractivity contribution is -0.139. The van der Waals surface area contributed by atoms with Crippen LogP contribution in [-0.2, 0) is 9.59 Å². The van der Waals surface area contributed by atoms with Crippen LogP contribution in [0.2, 0.25) is 0 Å². The van der Waals surface area contributed by atoms with E-state index in [0.717, 1.165) is 17.7 Å². The zero-order valence-electron chi connectivity index (χ0n) is 17.8. The van der Waals surface area contributed by atoms with E-state index >= 15 is 0 Å². The Hall–Kier alpha value is -2.99.